The Hall–Kier alpha value is -0.840. The van der Waals surface area contributed by atoms with Crippen LogP contribution >= 0.6 is 24.8 Å². The first-order valence-electron chi connectivity index (χ1n) is 5.28. The summed E-state index contributed by atoms with van der Waals surface area (Å²) in [6.07, 6.45) is 5.43. The third-order valence-electron chi connectivity index (χ3n) is 2.56. The molecule has 6 heteroatoms. The van der Waals surface area contributed by atoms with Gasteiger partial charge in [-0.3, -0.25) is 9.78 Å². The van der Waals surface area contributed by atoms with E-state index in [-0.39, 0.29) is 36.8 Å². The quantitative estimate of drug-likeness (QED) is 0.860. The zero-order valence-corrected chi connectivity index (χ0v) is 11.0. The molecule has 1 amide bonds. The molecule has 96 valence electrons. The zero-order valence-electron chi connectivity index (χ0n) is 9.39. The summed E-state index contributed by atoms with van der Waals surface area (Å²) >= 11 is 0. The van der Waals surface area contributed by atoms with E-state index in [1.807, 2.05) is 0 Å². The highest BCUT2D eigenvalue weighted by Crippen LogP contribution is 2.03. The van der Waals surface area contributed by atoms with Crippen LogP contribution in [-0.2, 0) is 0 Å². The van der Waals surface area contributed by atoms with Crippen molar-refractivity contribution in [1.29, 1.82) is 0 Å². The molecule has 4 nitrogen and oxygen atoms in total. The largest absolute Gasteiger partial charge is 0.348 e. The van der Waals surface area contributed by atoms with E-state index >= 15 is 0 Å². The molecule has 2 N–H and O–H groups in total. The second kappa shape index (κ2) is 8.28. The Kier molecular flexibility index (Phi) is 7.87. The van der Waals surface area contributed by atoms with Gasteiger partial charge in [-0.05, 0) is 31.5 Å². The molecular weight excluding hydrogens is 261 g/mol. The molecular formula is C11H17Cl2N3O. The van der Waals surface area contributed by atoms with E-state index in [4.69, 9.17) is 0 Å². The maximum atomic E-state index is 11.7. The summed E-state index contributed by atoms with van der Waals surface area (Å²) in [7, 11) is 0. The maximum absolute atomic E-state index is 11.7. The number of carbonyl (C=O) groups is 1. The lowest BCUT2D eigenvalue weighted by molar-refractivity contribution is 0.0930. The summed E-state index contributed by atoms with van der Waals surface area (Å²) in [5.74, 6) is -0.0307. The number of amides is 1. The molecule has 0 aromatic carbocycles. The third kappa shape index (κ3) is 4.89. The summed E-state index contributed by atoms with van der Waals surface area (Å²) < 4.78 is 0. The molecule has 17 heavy (non-hydrogen) atoms. The van der Waals surface area contributed by atoms with E-state index in [0.29, 0.717) is 5.56 Å². The molecule has 1 aliphatic rings. The SMILES string of the molecule is Cl.Cl.O=C(N[C@H]1CCCNC1)c1cccnc1. The third-order valence-corrected chi connectivity index (χ3v) is 2.56. The number of hydrogen-bond acceptors (Lipinski definition) is 3. The van der Waals surface area contributed by atoms with Gasteiger partial charge in [0.05, 0.1) is 5.56 Å². The molecule has 1 saturated heterocycles. The number of piperidine rings is 1. The van der Waals surface area contributed by atoms with Gasteiger partial charge in [-0.2, -0.15) is 0 Å². The van der Waals surface area contributed by atoms with Crippen LogP contribution in [0.25, 0.3) is 0 Å². The molecule has 0 radical (unpaired) electrons. The highest BCUT2D eigenvalue weighted by molar-refractivity contribution is 5.94. The average Bonchev–Trinajstić information content (AvgIpc) is 2.31. The van der Waals surface area contributed by atoms with Gasteiger partial charge in [0.1, 0.15) is 0 Å². The molecule has 2 heterocycles. The Morgan fingerprint density at radius 2 is 2.29 bits per heavy atom. The number of rotatable bonds is 2. The number of aromatic nitrogens is 1. The second-order valence-corrected chi connectivity index (χ2v) is 3.76. The zero-order chi connectivity index (χ0) is 10.5. The van der Waals surface area contributed by atoms with Gasteiger partial charge in [-0.25, -0.2) is 0 Å². The van der Waals surface area contributed by atoms with Crippen LogP contribution < -0.4 is 10.6 Å². The van der Waals surface area contributed by atoms with Crippen molar-refractivity contribution in [2.45, 2.75) is 18.9 Å². The molecule has 0 aliphatic carbocycles. The van der Waals surface area contributed by atoms with Crippen LogP contribution in [0.3, 0.4) is 0 Å². The molecule has 1 fully saturated rings. The minimum Gasteiger partial charge on any atom is -0.348 e. The van der Waals surface area contributed by atoms with Crippen LogP contribution in [0.1, 0.15) is 23.2 Å². The lowest BCUT2D eigenvalue weighted by atomic mass is 10.1. The maximum Gasteiger partial charge on any atom is 0.253 e. The standard InChI is InChI=1S/C11H15N3O.2ClH/c15-11(9-3-1-5-12-7-9)14-10-4-2-6-13-8-10;;/h1,3,5,7,10,13H,2,4,6,8H2,(H,14,15);2*1H/t10-;;/m0../s1. The number of pyridine rings is 1. The van der Waals surface area contributed by atoms with Crippen molar-refractivity contribution >= 4 is 30.7 Å². The van der Waals surface area contributed by atoms with E-state index in [0.717, 1.165) is 25.9 Å². The van der Waals surface area contributed by atoms with E-state index < -0.39 is 0 Å². The summed E-state index contributed by atoms with van der Waals surface area (Å²) in [6.45, 7) is 1.92. The van der Waals surface area contributed by atoms with Gasteiger partial charge in [0.25, 0.3) is 5.91 Å². The fourth-order valence-corrected chi connectivity index (χ4v) is 1.74. The summed E-state index contributed by atoms with van der Waals surface area (Å²) in [5, 5.41) is 6.26. The van der Waals surface area contributed by atoms with Gasteiger partial charge in [-0.1, -0.05) is 0 Å². The van der Waals surface area contributed by atoms with Gasteiger partial charge < -0.3 is 10.6 Å². The van der Waals surface area contributed by atoms with Gasteiger partial charge in [0.15, 0.2) is 0 Å². The number of nitrogens with zero attached hydrogens (tertiary/aromatic N) is 1. The first-order chi connectivity index (χ1) is 7.36. The first-order valence-corrected chi connectivity index (χ1v) is 5.28. The molecule has 1 atom stereocenters. The van der Waals surface area contributed by atoms with Crippen LogP contribution in [0.2, 0.25) is 0 Å². The number of halogens is 2. The Bertz CT molecular complexity index is 329. The Morgan fingerprint density at radius 3 is 2.88 bits per heavy atom. The number of hydrogen-bond donors (Lipinski definition) is 2. The van der Waals surface area contributed by atoms with Gasteiger partial charge >= 0.3 is 0 Å². The second-order valence-electron chi connectivity index (χ2n) is 3.76. The van der Waals surface area contributed by atoms with E-state index in [9.17, 15) is 4.79 Å². The van der Waals surface area contributed by atoms with Crippen LogP contribution in [0.5, 0.6) is 0 Å². The average molecular weight is 278 g/mol. The predicted octanol–water partition coefficient (Wildman–Crippen LogP) is 1.41. The van der Waals surface area contributed by atoms with Crippen molar-refractivity contribution in [2.75, 3.05) is 13.1 Å². The van der Waals surface area contributed by atoms with Crippen LogP contribution in [-0.4, -0.2) is 30.0 Å². The van der Waals surface area contributed by atoms with Gasteiger partial charge in [-0.15, -0.1) is 24.8 Å². The van der Waals surface area contributed by atoms with E-state index in [2.05, 4.69) is 15.6 Å². The lowest BCUT2D eigenvalue weighted by Crippen LogP contribution is -2.45. The van der Waals surface area contributed by atoms with Crippen LogP contribution in [0, 0.1) is 0 Å². The molecule has 1 aromatic rings. The molecule has 0 bridgehead atoms. The van der Waals surface area contributed by atoms with Gasteiger partial charge in [0, 0.05) is 25.0 Å². The summed E-state index contributed by atoms with van der Waals surface area (Å²) in [4.78, 5) is 15.7. The molecule has 0 saturated carbocycles. The Balaban J connectivity index is 0.00000128. The van der Waals surface area contributed by atoms with Crippen molar-refractivity contribution in [1.82, 2.24) is 15.6 Å². The lowest BCUT2D eigenvalue weighted by Gasteiger charge is -2.23. The summed E-state index contributed by atoms with van der Waals surface area (Å²) in [5.41, 5.74) is 0.628. The highest BCUT2D eigenvalue weighted by Gasteiger charge is 2.15. The first kappa shape index (κ1) is 16.2. The normalized spacial score (nSPS) is 18.5. The van der Waals surface area contributed by atoms with E-state index in [1.165, 1.54) is 0 Å². The Morgan fingerprint density at radius 1 is 1.47 bits per heavy atom. The summed E-state index contributed by atoms with van der Waals surface area (Å²) in [6, 6.07) is 3.80. The predicted molar refractivity (Wildman–Crippen MR) is 72.1 cm³/mol. The fourth-order valence-electron chi connectivity index (χ4n) is 1.74. The molecule has 1 aliphatic heterocycles. The molecule has 1 aromatic heterocycles. The molecule has 2 rings (SSSR count). The number of nitrogens with one attached hydrogen (secondary N) is 2. The molecule has 0 spiro atoms. The monoisotopic (exact) mass is 277 g/mol. The van der Waals surface area contributed by atoms with Crippen molar-refractivity contribution in [2.24, 2.45) is 0 Å². The van der Waals surface area contributed by atoms with E-state index in [1.54, 1.807) is 24.5 Å². The highest BCUT2D eigenvalue weighted by atomic mass is 35.5. The Labute approximate surface area is 113 Å². The topological polar surface area (TPSA) is 54.0 Å². The number of carbonyl (C=O) groups excluding carboxylic acids is 1. The minimum atomic E-state index is -0.0307. The molecule has 0 unspecified atom stereocenters. The smallest absolute Gasteiger partial charge is 0.253 e. The van der Waals surface area contributed by atoms with Crippen molar-refractivity contribution in [3.05, 3.63) is 30.1 Å². The van der Waals surface area contributed by atoms with Gasteiger partial charge in [0.2, 0.25) is 0 Å². The van der Waals surface area contributed by atoms with Crippen molar-refractivity contribution in [3.8, 4) is 0 Å². The van der Waals surface area contributed by atoms with Crippen LogP contribution in [0.15, 0.2) is 24.5 Å². The minimum absolute atomic E-state index is 0. The van der Waals surface area contributed by atoms with Crippen LogP contribution in [0.4, 0.5) is 0 Å². The fraction of sp³-hybridized carbons (Fsp3) is 0.455. The van der Waals surface area contributed by atoms with Crippen molar-refractivity contribution < 1.29 is 4.79 Å². The van der Waals surface area contributed by atoms with Crippen molar-refractivity contribution in [3.63, 3.8) is 0 Å².